The minimum absolute atomic E-state index is 0.672. The number of para-hydroxylation sites is 1. The zero-order chi connectivity index (χ0) is 37.0. The van der Waals surface area contributed by atoms with Crippen LogP contribution in [0.3, 0.4) is 0 Å². The van der Waals surface area contributed by atoms with Gasteiger partial charge in [0.05, 0.1) is 11.4 Å². The van der Waals surface area contributed by atoms with Gasteiger partial charge in [-0.25, -0.2) is 9.97 Å². The van der Waals surface area contributed by atoms with Crippen molar-refractivity contribution in [2.24, 2.45) is 0 Å². The Kier molecular flexibility index (Phi) is 7.68. The van der Waals surface area contributed by atoms with Crippen molar-refractivity contribution in [3.8, 4) is 67.3 Å². The summed E-state index contributed by atoms with van der Waals surface area (Å²) in [5.41, 5.74) is 13.7. The highest BCUT2D eigenvalue weighted by molar-refractivity contribution is 7.26. The van der Waals surface area contributed by atoms with Crippen LogP contribution < -0.4 is 0 Å². The Hall–Kier alpha value is -7.14. The van der Waals surface area contributed by atoms with Gasteiger partial charge in [-0.2, -0.15) is 0 Å². The van der Waals surface area contributed by atoms with Gasteiger partial charge in [-0.05, 0) is 69.8 Å². The molecule has 0 aliphatic heterocycles. The molecule has 0 saturated heterocycles. The van der Waals surface area contributed by atoms with Crippen LogP contribution in [0.5, 0.6) is 0 Å². The number of nitrogens with zero attached hydrogens (tertiary/aromatic N) is 2. The Morgan fingerprint density at radius 2 is 0.893 bits per heavy atom. The second-order valence-electron chi connectivity index (χ2n) is 14.1. The van der Waals surface area contributed by atoms with Gasteiger partial charge in [0.2, 0.25) is 0 Å². The molecule has 4 heteroatoms. The van der Waals surface area contributed by atoms with Gasteiger partial charge < -0.3 is 4.42 Å². The Morgan fingerprint density at radius 1 is 0.339 bits per heavy atom. The second-order valence-corrected chi connectivity index (χ2v) is 15.2. The quantitative estimate of drug-likeness (QED) is 0.171. The van der Waals surface area contributed by atoms with Gasteiger partial charge in [0.25, 0.3) is 0 Å². The largest absolute Gasteiger partial charge is 0.456 e. The first-order valence-electron chi connectivity index (χ1n) is 18.8. The van der Waals surface area contributed by atoms with E-state index in [1.807, 2.05) is 41.7 Å². The predicted octanol–water partition coefficient (Wildman–Crippen LogP) is 14.7. The summed E-state index contributed by atoms with van der Waals surface area (Å²) in [7, 11) is 0. The Bertz CT molecular complexity index is 3220. The molecule has 11 aromatic rings. The fourth-order valence-corrected chi connectivity index (χ4v) is 9.10. The predicted molar refractivity (Wildman–Crippen MR) is 235 cm³/mol. The molecule has 0 radical (unpaired) electrons. The van der Waals surface area contributed by atoms with Gasteiger partial charge in [0, 0.05) is 47.6 Å². The molecule has 0 saturated carbocycles. The molecule has 0 aliphatic carbocycles. The van der Waals surface area contributed by atoms with Crippen molar-refractivity contribution in [1.29, 1.82) is 0 Å². The second kappa shape index (κ2) is 13.3. The highest BCUT2D eigenvalue weighted by Gasteiger charge is 2.19. The van der Waals surface area contributed by atoms with E-state index in [1.165, 1.54) is 53.6 Å². The van der Waals surface area contributed by atoms with Crippen molar-refractivity contribution in [2.75, 3.05) is 0 Å². The number of thiophene rings is 1. The van der Waals surface area contributed by atoms with Crippen LogP contribution in [0.15, 0.2) is 199 Å². The molecule has 0 aliphatic rings. The summed E-state index contributed by atoms with van der Waals surface area (Å²) in [6.45, 7) is 0. The average Bonchev–Trinajstić information content (AvgIpc) is 3.85. The molecule has 0 fully saturated rings. The van der Waals surface area contributed by atoms with Crippen LogP contribution >= 0.6 is 11.3 Å². The summed E-state index contributed by atoms with van der Waals surface area (Å²) in [4.78, 5) is 10.6. The van der Waals surface area contributed by atoms with Crippen LogP contribution in [-0.2, 0) is 0 Å². The molecule has 56 heavy (non-hydrogen) atoms. The number of rotatable bonds is 6. The summed E-state index contributed by atoms with van der Waals surface area (Å²) in [6, 6.07) is 68.6. The van der Waals surface area contributed by atoms with E-state index in [-0.39, 0.29) is 0 Å². The molecule has 0 amide bonds. The lowest BCUT2D eigenvalue weighted by molar-refractivity contribution is 0.669. The van der Waals surface area contributed by atoms with Gasteiger partial charge >= 0.3 is 0 Å². The van der Waals surface area contributed by atoms with E-state index >= 15 is 0 Å². The lowest BCUT2D eigenvalue weighted by Crippen LogP contribution is -1.96. The molecule has 3 heterocycles. The summed E-state index contributed by atoms with van der Waals surface area (Å²) in [6.07, 6.45) is 0. The maximum atomic E-state index is 6.28. The molecule has 8 aromatic carbocycles. The molecule has 11 rings (SSSR count). The number of benzene rings is 8. The fourth-order valence-electron chi connectivity index (χ4n) is 7.98. The first-order valence-corrected chi connectivity index (χ1v) is 19.6. The van der Waals surface area contributed by atoms with Crippen molar-refractivity contribution >= 4 is 53.4 Å². The van der Waals surface area contributed by atoms with E-state index in [2.05, 4.69) is 164 Å². The minimum atomic E-state index is 0.672. The van der Waals surface area contributed by atoms with Crippen LogP contribution in [-0.4, -0.2) is 9.97 Å². The third-order valence-corrected chi connectivity index (χ3v) is 11.9. The van der Waals surface area contributed by atoms with Crippen molar-refractivity contribution in [3.05, 3.63) is 194 Å². The molecular formula is C52H32N2OS. The van der Waals surface area contributed by atoms with Gasteiger partial charge in [-0.1, -0.05) is 158 Å². The van der Waals surface area contributed by atoms with Crippen molar-refractivity contribution in [1.82, 2.24) is 9.97 Å². The number of fused-ring (bicyclic) bond motifs is 6. The lowest BCUT2D eigenvalue weighted by Gasteiger charge is -2.11. The minimum Gasteiger partial charge on any atom is -0.456 e. The normalized spacial score (nSPS) is 11.6. The first kappa shape index (κ1) is 32.3. The van der Waals surface area contributed by atoms with E-state index in [4.69, 9.17) is 14.4 Å². The van der Waals surface area contributed by atoms with E-state index in [1.54, 1.807) is 0 Å². The summed E-state index contributed by atoms with van der Waals surface area (Å²) < 4.78 is 8.76. The molecule has 0 N–H and O–H groups in total. The van der Waals surface area contributed by atoms with Crippen molar-refractivity contribution < 1.29 is 4.42 Å². The van der Waals surface area contributed by atoms with Gasteiger partial charge in [0.15, 0.2) is 5.82 Å². The number of hydrogen-bond donors (Lipinski definition) is 0. The zero-order valence-corrected chi connectivity index (χ0v) is 31.0. The Morgan fingerprint density at radius 3 is 1.62 bits per heavy atom. The summed E-state index contributed by atoms with van der Waals surface area (Å²) >= 11 is 1.82. The molecule has 0 bridgehead atoms. The highest BCUT2D eigenvalue weighted by Crippen LogP contribution is 2.43. The van der Waals surface area contributed by atoms with E-state index in [9.17, 15) is 0 Å². The van der Waals surface area contributed by atoms with E-state index in [0.29, 0.717) is 5.82 Å². The standard InChI is InChI=1S/C52H32N2OS/c1-3-11-33(12-4-1)34-21-23-35(24-22-34)36-25-27-37(28-26-36)39-29-30-48-43(31-39)51-40(16-10-20-49(51)56-48)45-32-44(38-13-5-2-6-14-38)53-52(54-45)42-17-9-19-47-50(42)41-15-7-8-18-46(41)55-47/h1-32H. The summed E-state index contributed by atoms with van der Waals surface area (Å²) in [5.74, 6) is 0.672. The number of furan rings is 1. The molecule has 3 aromatic heterocycles. The lowest BCUT2D eigenvalue weighted by atomic mass is 9.96. The Labute approximate surface area is 327 Å². The molecule has 0 unspecified atom stereocenters. The molecule has 0 atom stereocenters. The first-order chi connectivity index (χ1) is 27.7. The van der Waals surface area contributed by atoms with E-state index < -0.39 is 0 Å². The summed E-state index contributed by atoms with van der Waals surface area (Å²) in [5, 5.41) is 4.52. The average molecular weight is 733 g/mol. The van der Waals surface area contributed by atoms with Gasteiger partial charge in [-0.15, -0.1) is 11.3 Å². The molecule has 0 spiro atoms. The van der Waals surface area contributed by atoms with Crippen LogP contribution in [0.2, 0.25) is 0 Å². The van der Waals surface area contributed by atoms with Crippen molar-refractivity contribution in [3.63, 3.8) is 0 Å². The molecule has 3 nitrogen and oxygen atoms in total. The number of aromatic nitrogens is 2. The third kappa shape index (κ3) is 5.58. The van der Waals surface area contributed by atoms with Crippen LogP contribution in [0.1, 0.15) is 0 Å². The zero-order valence-electron chi connectivity index (χ0n) is 30.2. The smallest absolute Gasteiger partial charge is 0.161 e. The fraction of sp³-hybridized carbons (Fsp3) is 0. The highest BCUT2D eigenvalue weighted by atomic mass is 32.1. The monoisotopic (exact) mass is 732 g/mol. The van der Waals surface area contributed by atoms with Crippen LogP contribution in [0.25, 0.3) is 109 Å². The maximum absolute atomic E-state index is 6.28. The maximum Gasteiger partial charge on any atom is 0.161 e. The molecule has 262 valence electrons. The van der Waals surface area contributed by atoms with Crippen molar-refractivity contribution in [2.45, 2.75) is 0 Å². The van der Waals surface area contributed by atoms with Gasteiger partial charge in [-0.3, -0.25) is 0 Å². The number of hydrogen-bond acceptors (Lipinski definition) is 4. The van der Waals surface area contributed by atoms with Gasteiger partial charge in [0.1, 0.15) is 11.2 Å². The van der Waals surface area contributed by atoms with E-state index in [0.717, 1.165) is 50.0 Å². The Balaban J connectivity index is 1.03. The third-order valence-electron chi connectivity index (χ3n) is 10.8. The van der Waals surface area contributed by atoms with Crippen LogP contribution in [0.4, 0.5) is 0 Å². The molecular weight excluding hydrogens is 701 g/mol. The van der Waals surface area contributed by atoms with Crippen LogP contribution in [0, 0.1) is 0 Å². The SMILES string of the molecule is c1ccc(-c2ccc(-c3ccc(-c4ccc5sc6cccc(-c7cc(-c8ccccc8)nc(-c8cccc9oc%10ccccc%10c89)n7)c6c5c4)cc3)cc2)cc1. The topological polar surface area (TPSA) is 38.9 Å².